The zero-order valence-corrected chi connectivity index (χ0v) is 9.63. The summed E-state index contributed by atoms with van der Waals surface area (Å²) in [7, 11) is 1.80. The third-order valence-corrected chi connectivity index (χ3v) is 3.90. The van der Waals surface area contributed by atoms with Gasteiger partial charge in [-0.3, -0.25) is 4.57 Å². The van der Waals surface area contributed by atoms with E-state index in [9.17, 15) is 4.55 Å². The van der Waals surface area contributed by atoms with Crippen LogP contribution >= 0.6 is 11.6 Å². The molecule has 0 aliphatic rings. The van der Waals surface area contributed by atoms with Gasteiger partial charge >= 0.3 is 5.16 Å². The number of hydrogen-bond donors (Lipinski definition) is 0. The molecule has 0 spiro atoms. The van der Waals surface area contributed by atoms with E-state index in [0.29, 0.717) is 15.1 Å². The van der Waals surface area contributed by atoms with Crippen LogP contribution < -0.4 is 0 Å². The Bertz CT molecular complexity index is 472. The fraction of sp³-hybridized carbons (Fsp3) is 0.100. The normalized spacial score (nSPS) is 12.7. The smallest absolute Gasteiger partial charge is 0.328 e. The van der Waals surface area contributed by atoms with Gasteiger partial charge < -0.3 is 4.55 Å². The molecule has 1 aromatic carbocycles. The molecule has 1 unspecified atom stereocenters. The second kappa shape index (κ2) is 4.26. The molecule has 0 saturated heterocycles. The molecular formula is C10H9ClN2OS. The molecule has 2 rings (SSSR count). The Morgan fingerprint density at radius 2 is 2.13 bits per heavy atom. The molecule has 0 amide bonds. The largest absolute Gasteiger partial charge is 0.604 e. The van der Waals surface area contributed by atoms with Crippen LogP contribution in [0.25, 0.3) is 0 Å². The summed E-state index contributed by atoms with van der Waals surface area (Å²) in [5.74, 6) is 0. The second-order valence-electron chi connectivity index (χ2n) is 3.02. The Morgan fingerprint density at radius 3 is 2.73 bits per heavy atom. The van der Waals surface area contributed by atoms with Crippen LogP contribution in [0.2, 0.25) is 5.02 Å². The molecule has 15 heavy (non-hydrogen) atoms. The van der Waals surface area contributed by atoms with E-state index in [0.717, 1.165) is 0 Å². The van der Waals surface area contributed by atoms with Crippen molar-refractivity contribution in [1.29, 1.82) is 0 Å². The van der Waals surface area contributed by atoms with Gasteiger partial charge in [0, 0.05) is 13.2 Å². The fourth-order valence-electron chi connectivity index (χ4n) is 1.22. The predicted octanol–water partition coefficient (Wildman–Crippen LogP) is 2.24. The molecule has 3 nitrogen and oxygen atoms in total. The summed E-state index contributed by atoms with van der Waals surface area (Å²) in [6.07, 6.45) is 3.37. The predicted molar refractivity (Wildman–Crippen MR) is 59.3 cm³/mol. The molecule has 78 valence electrons. The summed E-state index contributed by atoms with van der Waals surface area (Å²) < 4.78 is 13.8. The van der Waals surface area contributed by atoms with E-state index >= 15 is 0 Å². The zero-order chi connectivity index (χ0) is 10.8. The molecular weight excluding hydrogens is 232 g/mol. The number of rotatable bonds is 2. The van der Waals surface area contributed by atoms with E-state index in [1.807, 2.05) is 6.07 Å². The van der Waals surface area contributed by atoms with Gasteiger partial charge in [-0.2, -0.15) is 4.98 Å². The van der Waals surface area contributed by atoms with Crippen LogP contribution in [-0.4, -0.2) is 14.1 Å². The molecule has 0 aliphatic heterocycles. The minimum atomic E-state index is -1.32. The van der Waals surface area contributed by atoms with E-state index in [1.54, 1.807) is 42.2 Å². The summed E-state index contributed by atoms with van der Waals surface area (Å²) in [6.45, 7) is 0. The van der Waals surface area contributed by atoms with Crippen molar-refractivity contribution in [2.24, 2.45) is 7.05 Å². The van der Waals surface area contributed by atoms with E-state index in [-0.39, 0.29) is 0 Å². The minimum absolute atomic E-state index is 0.499. The number of nitrogens with zero attached hydrogens (tertiary/aromatic N) is 2. The maximum Gasteiger partial charge on any atom is 0.328 e. The van der Waals surface area contributed by atoms with Crippen LogP contribution in [0.15, 0.2) is 46.7 Å². The average molecular weight is 241 g/mol. The van der Waals surface area contributed by atoms with Crippen LogP contribution in [0.4, 0.5) is 0 Å². The monoisotopic (exact) mass is 240 g/mol. The van der Waals surface area contributed by atoms with E-state index < -0.39 is 11.2 Å². The van der Waals surface area contributed by atoms with Gasteiger partial charge in [0.2, 0.25) is 0 Å². The Kier molecular flexibility index (Phi) is 3.00. The van der Waals surface area contributed by atoms with Crippen molar-refractivity contribution in [3.63, 3.8) is 0 Å². The third-order valence-electron chi connectivity index (χ3n) is 1.98. The maximum absolute atomic E-state index is 12.1. The van der Waals surface area contributed by atoms with Crippen molar-refractivity contribution in [2.75, 3.05) is 0 Å². The fourth-order valence-corrected chi connectivity index (χ4v) is 2.69. The number of halogens is 1. The first-order valence-corrected chi connectivity index (χ1v) is 5.86. The first-order chi connectivity index (χ1) is 7.20. The number of imidazole rings is 1. The summed E-state index contributed by atoms with van der Waals surface area (Å²) >= 11 is 4.64. The van der Waals surface area contributed by atoms with Crippen molar-refractivity contribution < 1.29 is 4.55 Å². The highest BCUT2D eigenvalue weighted by atomic mass is 35.5. The van der Waals surface area contributed by atoms with E-state index in [2.05, 4.69) is 4.98 Å². The molecule has 0 bridgehead atoms. The molecule has 2 aromatic rings. The van der Waals surface area contributed by atoms with Gasteiger partial charge in [-0.05, 0) is 12.1 Å². The highest BCUT2D eigenvalue weighted by Gasteiger charge is 2.22. The Balaban J connectivity index is 2.41. The molecule has 1 heterocycles. The Hall–Kier alpha value is -0.970. The molecule has 0 aliphatic carbocycles. The van der Waals surface area contributed by atoms with Crippen molar-refractivity contribution >= 4 is 22.8 Å². The van der Waals surface area contributed by atoms with Crippen LogP contribution in [0.5, 0.6) is 0 Å². The van der Waals surface area contributed by atoms with Crippen LogP contribution in [0, 0.1) is 0 Å². The standard InChI is InChI=1S/C10H9ClN2OS/c1-13-7-6-12-10(13)15(14)9-5-3-2-4-8(9)11/h2-7H,1H3. The SMILES string of the molecule is Cn1ccnc1[S+]([O-])c1ccccc1Cl. The molecule has 1 atom stereocenters. The topological polar surface area (TPSA) is 40.9 Å². The lowest BCUT2D eigenvalue weighted by Crippen LogP contribution is -2.09. The molecule has 0 radical (unpaired) electrons. The number of aryl methyl sites for hydroxylation is 1. The van der Waals surface area contributed by atoms with Gasteiger partial charge in [0.15, 0.2) is 4.90 Å². The second-order valence-corrected chi connectivity index (χ2v) is 4.77. The molecule has 0 saturated carbocycles. The summed E-state index contributed by atoms with van der Waals surface area (Å²) in [4.78, 5) is 4.63. The number of aromatic nitrogens is 2. The lowest BCUT2D eigenvalue weighted by molar-refractivity contribution is 0.578. The van der Waals surface area contributed by atoms with Crippen molar-refractivity contribution in [3.8, 4) is 0 Å². The summed E-state index contributed by atoms with van der Waals surface area (Å²) in [5, 5.41) is 1.00. The summed E-state index contributed by atoms with van der Waals surface area (Å²) in [5.41, 5.74) is 0. The lowest BCUT2D eigenvalue weighted by Gasteiger charge is -2.09. The van der Waals surface area contributed by atoms with Gasteiger partial charge in [0.1, 0.15) is 0 Å². The Morgan fingerprint density at radius 1 is 1.40 bits per heavy atom. The van der Waals surface area contributed by atoms with Gasteiger partial charge in [0.25, 0.3) is 0 Å². The first kappa shape index (κ1) is 10.5. The molecule has 0 N–H and O–H groups in total. The zero-order valence-electron chi connectivity index (χ0n) is 8.05. The first-order valence-electron chi connectivity index (χ1n) is 4.34. The maximum atomic E-state index is 12.1. The highest BCUT2D eigenvalue weighted by molar-refractivity contribution is 7.91. The lowest BCUT2D eigenvalue weighted by atomic mass is 10.4. The third kappa shape index (κ3) is 2.02. The number of benzene rings is 1. The number of hydrogen-bond acceptors (Lipinski definition) is 2. The van der Waals surface area contributed by atoms with Gasteiger partial charge in [-0.25, -0.2) is 0 Å². The molecule has 0 fully saturated rings. The molecule has 5 heteroatoms. The summed E-state index contributed by atoms with van der Waals surface area (Å²) in [6, 6.07) is 7.08. The molecule has 1 aromatic heterocycles. The van der Waals surface area contributed by atoms with E-state index in [4.69, 9.17) is 11.6 Å². The quantitative estimate of drug-likeness (QED) is 0.756. The van der Waals surface area contributed by atoms with Gasteiger partial charge in [-0.1, -0.05) is 23.7 Å². The van der Waals surface area contributed by atoms with Gasteiger partial charge in [0.05, 0.1) is 22.4 Å². The van der Waals surface area contributed by atoms with Crippen molar-refractivity contribution in [1.82, 2.24) is 9.55 Å². The van der Waals surface area contributed by atoms with E-state index in [1.165, 1.54) is 0 Å². The average Bonchev–Trinajstić information content (AvgIpc) is 2.64. The van der Waals surface area contributed by atoms with Crippen LogP contribution in [0.1, 0.15) is 0 Å². The van der Waals surface area contributed by atoms with Crippen LogP contribution in [0.3, 0.4) is 0 Å². The van der Waals surface area contributed by atoms with Crippen LogP contribution in [-0.2, 0) is 18.2 Å². The van der Waals surface area contributed by atoms with Gasteiger partial charge in [-0.15, -0.1) is 0 Å². The van der Waals surface area contributed by atoms with Crippen molar-refractivity contribution in [3.05, 3.63) is 41.7 Å². The van der Waals surface area contributed by atoms with Crippen molar-refractivity contribution in [2.45, 2.75) is 10.1 Å². The Labute approximate surface area is 95.9 Å². The minimum Gasteiger partial charge on any atom is -0.604 e. The highest BCUT2D eigenvalue weighted by Crippen LogP contribution is 2.25.